The first kappa shape index (κ1) is 40.4. The summed E-state index contributed by atoms with van der Waals surface area (Å²) in [4.78, 5) is 50.5. The van der Waals surface area contributed by atoms with Gasteiger partial charge < -0.3 is 24.8 Å². The van der Waals surface area contributed by atoms with Gasteiger partial charge in [-0.1, -0.05) is 30.8 Å². The zero-order valence-electron chi connectivity index (χ0n) is 32.9. The molecule has 3 fully saturated rings. The predicted molar refractivity (Wildman–Crippen MR) is 222 cm³/mol. The molecule has 17 heteroatoms. The third-order valence-electron chi connectivity index (χ3n) is 11.8. The van der Waals surface area contributed by atoms with Crippen LogP contribution >= 0.6 is 0 Å². The number of alkyl halides is 1. The fraction of sp³-hybridized carbons (Fsp3) is 0.318. The average Bonchev–Trinajstić information content (AvgIpc) is 3.95. The van der Waals surface area contributed by atoms with Crippen molar-refractivity contribution in [3.05, 3.63) is 125 Å². The van der Waals surface area contributed by atoms with Crippen LogP contribution < -0.4 is 14.9 Å². The number of aromatic amines is 1. The van der Waals surface area contributed by atoms with E-state index in [1.165, 1.54) is 6.20 Å². The third-order valence-corrected chi connectivity index (χ3v) is 13.3. The number of aryl methyl sites for hydroxylation is 1. The lowest BCUT2D eigenvalue weighted by Crippen LogP contribution is -2.52. The Balaban J connectivity index is 0.778. The highest BCUT2D eigenvalue weighted by molar-refractivity contribution is 7.90. The summed E-state index contributed by atoms with van der Waals surface area (Å²) < 4.78 is 79.0. The lowest BCUT2D eigenvalue weighted by atomic mass is 9.99. The quantitative estimate of drug-likeness (QED) is 0.0959. The van der Waals surface area contributed by atoms with Crippen LogP contribution in [0.1, 0.15) is 63.1 Å². The fourth-order valence-electron chi connectivity index (χ4n) is 8.41. The number of pyridine rings is 1. The van der Waals surface area contributed by atoms with Crippen LogP contribution in [0, 0.1) is 11.6 Å². The van der Waals surface area contributed by atoms with Gasteiger partial charge in [0.2, 0.25) is 11.7 Å². The molecule has 2 amide bonds. The molecule has 6 heterocycles. The Bertz CT molecular complexity index is 2700. The van der Waals surface area contributed by atoms with Crippen LogP contribution in [0.25, 0.3) is 22.2 Å². The summed E-state index contributed by atoms with van der Waals surface area (Å²) >= 11 is 0. The fourth-order valence-corrected chi connectivity index (χ4v) is 9.68. The summed E-state index contributed by atoms with van der Waals surface area (Å²) in [6.07, 6.45) is 4.50. The lowest BCUT2D eigenvalue weighted by molar-refractivity contribution is -0.126. The molecule has 0 aliphatic carbocycles. The van der Waals surface area contributed by atoms with E-state index in [9.17, 15) is 27.2 Å². The molecule has 13 nitrogen and oxygen atoms in total. The second-order valence-electron chi connectivity index (χ2n) is 15.9. The predicted octanol–water partition coefficient (Wildman–Crippen LogP) is 6.03. The van der Waals surface area contributed by atoms with Gasteiger partial charge in [0.15, 0.2) is 5.82 Å². The first-order chi connectivity index (χ1) is 29.3. The van der Waals surface area contributed by atoms with Crippen LogP contribution in [0.2, 0.25) is 0 Å². The molecular formula is C44H42F3N7O6S. The number of rotatable bonds is 13. The molecule has 4 aliphatic rings. The van der Waals surface area contributed by atoms with Crippen LogP contribution in [0.3, 0.4) is 0 Å². The topological polar surface area (TPSA) is 157 Å². The standard InChI is InChI=1S/C44H42F3N7O6S/c1-25-4-13-38(43(56)50-25)54-21-29-17-31(9-10-33(29)44(54)57)52-23-32(24-52)60-16-2-3-26-5-7-27(8-6-26)28-18-34-35(20-49-42(34)48-19-28)41(55)39-36(46)11-12-37(40(39)47)51-61(58,59)53-15-14-30(45)22-53/h5-12,17-20,30,32,38,51H,1-4,13-16,21-24H2,(H,48,49)(H,50,56)/t30-,38?/m1/s1. The van der Waals surface area contributed by atoms with Crippen molar-refractivity contribution < 1.29 is 40.7 Å². The highest BCUT2D eigenvalue weighted by atomic mass is 32.2. The Morgan fingerprint density at radius 3 is 2.56 bits per heavy atom. The Morgan fingerprint density at radius 1 is 1.00 bits per heavy atom. The van der Waals surface area contributed by atoms with Crippen molar-refractivity contribution in [2.75, 3.05) is 42.4 Å². The van der Waals surface area contributed by atoms with Crippen LogP contribution in [0.4, 0.5) is 24.5 Å². The number of carbonyl (C=O) groups is 3. The molecule has 2 atom stereocenters. The number of ether oxygens (including phenoxy) is 1. The summed E-state index contributed by atoms with van der Waals surface area (Å²) in [5.74, 6) is -3.87. The van der Waals surface area contributed by atoms with Gasteiger partial charge in [-0.25, -0.2) is 18.2 Å². The van der Waals surface area contributed by atoms with E-state index in [4.69, 9.17) is 4.74 Å². The van der Waals surface area contributed by atoms with Gasteiger partial charge in [-0.2, -0.15) is 12.7 Å². The average molecular weight is 854 g/mol. The Hall–Kier alpha value is -6.04. The molecule has 3 saturated heterocycles. The highest BCUT2D eigenvalue weighted by Crippen LogP contribution is 2.34. The van der Waals surface area contributed by atoms with Crippen LogP contribution in [-0.2, 0) is 32.7 Å². The number of hydrogen-bond acceptors (Lipinski definition) is 8. The maximum atomic E-state index is 15.7. The second-order valence-corrected chi connectivity index (χ2v) is 17.6. The first-order valence-corrected chi connectivity index (χ1v) is 21.6. The van der Waals surface area contributed by atoms with Gasteiger partial charge in [-0.15, -0.1) is 0 Å². The number of halogens is 3. The number of hydrogen-bond donors (Lipinski definition) is 3. The van der Waals surface area contributed by atoms with E-state index in [0.717, 1.165) is 64.7 Å². The molecule has 61 heavy (non-hydrogen) atoms. The minimum Gasteiger partial charge on any atom is -0.375 e. The molecule has 316 valence electrons. The molecule has 3 N–H and O–H groups in total. The van der Waals surface area contributed by atoms with Crippen molar-refractivity contribution in [1.82, 2.24) is 24.5 Å². The Labute approximate surface area is 349 Å². The minimum absolute atomic E-state index is 0.00245. The number of nitrogens with one attached hydrogen (secondary N) is 3. The maximum absolute atomic E-state index is 15.7. The van der Waals surface area contributed by atoms with Crippen LogP contribution in [0.15, 0.2) is 85.3 Å². The van der Waals surface area contributed by atoms with Crippen molar-refractivity contribution >= 4 is 50.2 Å². The molecule has 2 aromatic heterocycles. The van der Waals surface area contributed by atoms with Crippen molar-refractivity contribution in [1.29, 1.82) is 0 Å². The van der Waals surface area contributed by atoms with Gasteiger partial charge in [-0.05, 0) is 85.2 Å². The zero-order valence-corrected chi connectivity index (χ0v) is 33.7. The van der Waals surface area contributed by atoms with Crippen molar-refractivity contribution in [2.45, 2.75) is 57.0 Å². The molecule has 9 rings (SSSR count). The summed E-state index contributed by atoms with van der Waals surface area (Å²) in [5, 5.41) is 3.10. The number of ketones is 1. The number of allylic oxidation sites excluding steroid dienone is 1. The minimum atomic E-state index is -4.35. The molecule has 0 bridgehead atoms. The van der Waals surface area contributed by atoms with E-state index in [1.54, 1.807) is 17.2 Å². The number of anilines is 2. The normalized spacial score (nSPS) is 19.7. The van der Waals surface area contributed by atoms with Gasteiger partial charge in [0.1, 0.15) is 23.7 Å². The molecule has 4 aliphatic heterocycles. The van der Waals surface area contributed by atoms with Gasteiger partial charge in [0, 0.05) is 85.2 Å². The number of benzene rings is 3. The maximum Gasteiger partial charge on any atom is 0.301 e. The molecule has 0 spiro atoms. The first-order valence-electron chi connectivity index (χ1n) is 20.1. The molecule has 5 aromatic rings. The summed E-state index contributed by atoms with van der Waals surface area (Å²) in [6, 6.07) is 16.6. The van der Waals surface area contributed by atoms with E-state index in [-0.39, 0.29) is 43.0 Å². The largest absolute Gasteiger partial charge is 0.375 e. The van der Waals surface area contributed by atoms with Gasteiger partial charge in [0.25, 0.3) is 5.91 Å². The van der Waals surface area contributed by atoms with Gasteiger partial charge in [-0.3, -0.25) is 19.1 Å². The summed E-state index contributed by atoms with van der Waals surface area (Å²) in [6.45, 7) is 5.82. The lowest BCUT2D eigenvalue weighted by Gasteiger charge is -2.40. The number of aromatic nitrogens is 2. The SMILES string of the molecule is C=C1CCC(N2Cc3cc(N4CC(OCCCc5ccc(-c6cnc7[nH]cc(C(=O)c8c(F)ccc(NS(=O)(=O)N9CC[C@@H](F)C9)c8F)c7c6)cc5)C4)ccc3C2=O)C(=O)N1. The molecule has 0 saturated carbocycles. The van der Waals surface area contributed by atoms with Crippen LogP contribution in [0.5, 0.6) is 0 Å². The molecule has 3 aromatic carbocycles. The van der Waals surface area contributed by atoms with Crippen molar-refractivity contribution in [2.24, 2.45) is 0 Å². The van der Waals surface area contributed by atoms with Crippen LogP contribution in [-0.4, -0.2) is 96.3 Å². The van der Waals surface area contributed by atoms with E-state index in [1.807, 2.05) is 47.2 Å². The monoisotopic (exact) mass is 853 g/mol. The summed E-state index contributed by atoms with van der Waals surface area (Å²) in [7, 11) is -4.35. The number of H-pyrrole nitrogens is 1. The Morgan fingerprint density at radius 2 is 1.80 bits per heavy atom. The van der Waals surface area contributed by atoms with Gasteiger partial charge >= 0.3 is 10.2 Å². The number of fused-ring (bicyclic) bond motifs is 2. The molecular weight excluding hydrogens is 812 g/mol. The number of piperidine rings is 1. The van der Waals surface area contributed by atoms with E-state index < -0.39 is 51.1 Å². The van der Waals surface area contributed by atoms with E-state index >= 15 is 8.78 Å². The van der Waals surface area contributed by atoms with E-state index in [2.05, 4.69) is 26.8 Å². The molecule has 1 unspecified atom stereocenters. The van der Waals surface area contributed by atoms with Gasteiger partial charge in [0.05, 0.1) is 17.4 Å². The summed E-state index contributed by atoms with van der Waals surface area (Å²) in [5.41, 5.74) is 4.54. The Kier molecular flexibility index (Phi) is 10.7. The number of amides is 2. The molecule has 0 radical (unpaired) electrons. The van der Waals surface area contributed by atoms with Crippen molar-refractivity contribution in [3.8, 4) is 11.1 Å². The van der Waals surface area contributed by atoms with Crippen molar-refractivity contribution in [3.63, 3.8) is 0 Å². The number of nitrogens with zero attached hydrogens (tertiary/aromatic N) is 4. The third kappa shape index (κ3) is 7.88. The zero-order chi connectivity index (χ0) is 42.6. The second kappa shape index (κ2) is 16.1. The number of carbonyl (C=O) groups excluding carboxylic acids is 3. The smallest absolute Gasteiger partial charge is 0.301 e. The van der Waals surface area contributed by atoms with E-state index in [0.29, 0.717) is 53.9 Å². The highest BCUT2D eigenvalue weighted by Gasteiger charge is 2.39.